The Hall–Kier alpha value is -3.51. The first-order valence-corrected chi connectivity index (χ1v) is 10.1. The van der Waals surface area contributed by atoms with E-state index in [1.165, 1.54) is 6.92 Å². The Morgan fingerprint density at radius 1 is 1.26 bits per heavy atom. The Labute approximate surface area is 187 Å². The van der Waals surface area contributed by atoms with Crippen molar-refractivity contribution in [2.45, 2.75) is 13.8 Å². The molecule has 7 heteroatoms. The third kappa shape index (κ3) is 4.81. The molecule has 2 aromatic carbocycles. The number of nitrogens with one attached hydrogen (secondary N) is 1. The van der Waals surface area contributed by atoms with Gasteiger partial charge < -0.3 is 19.9 Å². The Kier molecular flexibility index (Phi) is 6.82. The van der Waals surface area contributed by atoms with Crippen molar-refractivity contribution in [1.82, 2.24) is 4.90 Å². The number of carbonyl (C=O) groups is 1. The van der Waals surface area contributed by atoms with E-state index < -0.39 is 0 Å². The summed E-state index contributed by atoms with van der Waals surface area (Å²) in [6, 6.07) is 13.2. The summed E-state index contributed by atoms with van der Waals surface area (Å²) in [5.41, 5.74) is 4.19. The molecular formula is C24H25ClN4O2. The molecule has 0 bridgehead atoms. The van der Waals surface area contributed by atoms with Crippen LogP contribution in [0.1, 0.15) is 19.4 Å². The summed E-state index contributed by atoms with van der Waals surface area (Å²) >= 11 is 6.32. The number of aliphatic imine (C=N–C) groups is 1. The second-order valence-corrected chi connectivity index (χ2v) is 7.27. The van der Waals surface area contributed by atoms with Gasteiger partial charge >= 0.3 is 0 Å². The lowest BCUT2D eigenvalue weighted by molar-refractivity contribution is -0.116. The van der Waals surface area contributed by atoms with Gasteiger partial charge in [-0.25, -0.2) is 4.99 Å². The van der Waals surface area contributed by atoms with Gasteiger partial charge in [0.2, 0.25) is 5.91 Å². The van der Waals surface area contributed by atoms with Crippen molar-refractivity contribution in [2.75, 3.05) is 24.4 Å². The number of halogens is 1. The molecule has 1 N–H and O–H groups in total. The number of nitrogens with zero attached hydrogens (tertiary/aromatic N) is 3. The van der Waals surface area contributed by atoms with E-state index in [9.17, 15) is 4.79 Å². The highest BCUT2D eigenvalue weighted by Gasteiger charge is 2.20. The highest BCUT2D eigenvalue weighted by molar-refractivity contribution is 6.32. The van der Waals surface area contributed by atoms with Crippen LogP contribution >= 0.6 is 11.6 Å². The van der Waals surface area contributed by atoms with Crippen molar-refractivity contribution in [3.05, 3.63) is 83.8 Å². The lowest BCUT2D eigenvalue weighted by Crippen LogP contribution is -2.28. The molecule has 0 atom stereocenters. The van der Waals surface area contributed by atoms with Crippen LogP contribution in [0.15, 0.2) is 78.2 Å². The van der Waals surface area contributed by atoms with Gasteiger partial charge in [-0.1, -0.05) is 24.3 Å². The molecule has 1 aliphatic heterocycles. The topological polar surface area (TPSA) is 57.2 Å². The van der Waals surface area contributed by atoms with E-state index >= 15 is 0 Å². The predicted molar refractivity (Wildman–Crippen MR) is 128 cm³/mol. The first-order chi connectivity index (χ1) is 14.8. The van der Waals surface area contributed by atoms with E-state index in [1.54, 1.807) is 25.3 Å². The molecule has 3 rings (SSSR count). The zero-order valence-corrected chi connectivity index (χ0v) is 18.8. The van der Waals surface area contributed by atoms with E-state index in [0.717, 1.165) is 22.6 Å². The van der Waals surface area contributed by atoms with Crippen molar-refractivity contribution < 1.29 is 9.53 Å². The fourth-order valence-electron chi connectivity index (χ4n) is 3.14. The number of amides is 1. The van der Waals surface area contributed by atoms with Crippen LogP contribution in [0.25, 0.3) is 5.70 Å². The van der Waals surface area contributed by atoms with Crippen molar-refractivity contribution in [2.24, 2.45) is 4.99 Å². The third-order valence-electron chi connectivity index (χ3n) is 4.95. The summed E-state index contributed by atoms with van der Waals surface area (Å²) in [5.74, 6) is 1.22. The van der Waals surface area contributed by atoms with Gasteiger partial charge in [0.15, 0.2) is 5.84 Å². The molecular weight excluding hydrogens is 412 g/mol. The summed E-state index contributed by atoms with van der Waals surface area (Å²) in [4.78, 5) is 19.5. The number of rotatable bonds is 5. The smallest absolute Gasteiger partial charge is 0.223 e. The van der Waals surface area contributed by atoms with E-state index in [0.29, 0.717) is 22.3 Å². The molecule has 6 nitrogen and oxygen atoms in total. The van der Waals surface area contributed by atoms with Crippen LogP contribution in [0.4, 0.5) is 11.4 Å². The van der Waals surface area contributed by atoms with E-state index in [2.05, 4.69) is 16.9 Å². The molecule has 0 fully saturated rings. The van der Waals surface area contributed by atoms with Crippen LogP contribution in [-0.4, -0.2) is 30.8 Å². The van der Waals surface area contributed by atoms with Gasteiger partial charge in [0, 0.05) is 43.4 Å². The Bertz CT molecular complexity index is 1090. The second-order valence-electron chi connectivity index (χ2n) is 6.87. The van der Waals surface area contributed by atoms with E-state index in [1.807, 2.05) is 66.6 Å². The van der Waals surface area contributed by atoms with Gasteiger partial charge in [-0.05, 0) is 55.0 Å². The normalized spacial score (nSPS) is 13.7. The zero-order valence-electron chi connectivity index (χ0n) is 18.0. The molecule has 0 aliphatic carbocycles. The van der Waals surface area contributed by atoms with Crippen molar-refractivity contribution >= 4 is 40.4 Å². The highest BCUT2D eigenvalue weighted by atomic mass is 35.5. The van der Waals surface area contributed by atoms with Gasteiger partial charge in [0.25, 0.3) is 0 Å². The Balaban J connectivity index is 1.79. The minimum Gasteiger partial charge on any atom is -0.495 e. The molecule has 2 aromatic rings. The first-order valence-electron chi connectivity index (χ1n) is 9.70. The molecule has 0 aromatic heterocycles. The molecule has 0 spiro atoms. The van der Waals surface area contributed by atoms with Crippen molar-refractivity contribution in [1.29, 1.82) is 0 Å². The number of allylic oxidation sites excluding steroid dienone is 1. The standard InChI is InChI=1S/C24H25ClN4O2/c1-6-22(18-7-12-23(31-5)21(25)15-18)29-14-13-26-24(16(29)2)27-19-8-10-20(11-9-19)28(4)17(3)30/h6-15H,2H2,1,3-5H3,(H,26,27)/b22-6-. The molecule has 0 unspecified atom stereocenters. The van der Waals surface area contributed by atoms with Crippen molar-refractivity contribution in [3.8, 4) is 5.75 Å². The summed E-state index contributed by atoms with van der Waals surface area (Å²) in [5, 5.41) is 3.83. The lowest BCUT2D eigenvalue weighted by atomic mass is 10.1. The van der Waals surface area contributed by atoms with Crippen LogP contribution < -0.4 is 15.0 Å². The maximum atomic E-state index is 11.5. The molecule has 1 amide bonds. The summed E-state index contributed by atoms with van der Waals surface area (Å²) in [6.45, 7) is 7.71. The van der Waals surface area contributed by atoms with Crippen LogP contribution in [0.3, 0.4) is 0 Å². The molecule has 160 valence electrons. The summed E-state index contributed by atoms with van der Waals surface area (Å²) < 4.78 is 5.25. The quantitative estimate of drug-likeness (QED) is 0.672. The van der Waals surface area contributed by atoms with Crippen LogP contribution in [0.5, 0.6) is 5.75 Å². The number of hydrogen-bond donors (Lipinski definition) is 1. The van der Waals surface area contributed by atoms with Crippen LogP contribution in [-0.2, 0) is 4.79 Å². The third-order valence-corrected chi connectivity index (χ3v) is 5.25. The summed E-state index contributed by atoms with van der Waals surface area (Å²) in [6.07, 6.45) is 5.55. The number of carbonyl (C=O) groups excluding carboxylic acids is 1. The van der Waals surface area contributed by atoms with Crippen LogP contribution in [0.2, 0.25) is 5.02 Å². The number of hydrogen-bond acceptors (Lipinski definition) is 5. The van der Waals surface area contributed by atoms with Crippen molar-refractivity contribution in [3.63, 3.8) is 0 Å². The number of amidine groups is 1. The number of anilines is 2. The molecule has 1 aliphatic rings. The van der Waals surface area contributed by atoms with Gasteiger partial charge in [-0.15, -0.1) is 0 Å². The van der Waals surface area contributed by atoms with Gasteiger partial charge in [-0.3, -0.25) is 4.79 Å². The molecule has 0 radical (unpaired) electrons. The molecule has 31 heavy (non-hydrogen) atoms. The minimum atomic E-state index is -0.0240. The SMILES string of the molecule is C=C1C(Nc2ccc(N(C)C(C)=O)cc2)=NC=CN1/C(=C\C)c1ccc(OC)c(Cl)c1. The predicted octanol–water partition coefficient (Wildman–Crippen LogP) is 5.50. The first kappa shape index (κ1) is 22.2. The number of benzene rings is 2. The lowest BCUT2D eigenvalue weighted by Gasteiger charge is -2.29. The maximum Gasteiger partial charge on any atom is 0.223 e. The van der Waals surface area contributed by atoms with E-state index in [-0.39, 0.29) is 5.91 Å². The Morgan fingerprint density at radius 2 is 1.97 bits per heavy atom. The second kappa shape index (κ2) is 9.53. The average Bonchev–Trinajstić information content (AvgIpc) is 2.77. The molecule has 1 heterocycles. The fourth-order valence-corrected chi connectivity index (χ4v) is 3.40. The van der Waals surface area contributed by atoms with Gasteiger partial charge in [0.05, 0.1) is 17.8 Å². The Morgan fingerprint density at radius 3 is 2.55 bits per heavy atom. The molecule has 0 saturated heterocycles. The summed E-state index contributed by atoms with van der Waals surface area (Å²) in [7, 11) is 3.33. The highest BCUT2D eigenvalue weighted by Crippen LogP contribution is 2.32. The molecule has 0 saturated carbocycles. The minimum absolute atomic E-state index is 0.0240. The van der Waals surface area contributed by atoms with Crippen LogP contribution in [0, 0.1) is 0 Å². The maximum absolute atomic E-state index is 11.5. The number of ether oxygens (including phenoxy) is 1. The fraction of sp³-hybridized carbons (Fsp3) is 0.167. The van der Waals surface area contributed by atoms with Gasteiger partial charge in [-0.2, -0.15) is 0 Å². The zero-order chi connectivity index (χ0) is 22.5. The van der Waals surface area contributed by atoms with E-state index in [4.69, 9.17) is 16.3 Å². The largest absolute Gasteiger partial charge is 0.495 e. The number of methoxy groups -OCH3 is 1. The monoisotopic (exact) mass is 436 g/mol. The average molecular weight is 437 g/mol. The van der Waals surface area contributed by atoms with Gasteiger partial charge in [0.1, 0.15) is 5.75 Å².